The van der Waals surface area contributed by atoms with Crippen LogP contribution in [0.15, 0.2) is 42.0 Å². The maximum atomic E-state index is 12.4. The number of halogens is 1. The molecule has 2 heterocycles. The fourth-order valence-electron chi connectivity index (χ4n) is 6.16. The molecule has 0 aliphatic carbocycles. The van der Waals surface area contributed by atoms with Crippen molar-refractivity contribution in [3.63, 3.8) is 0 Å². The summed E-state index contributed by atoms with van der Waals surface area (Å²) in [6.07, 6.45) is 14.4. The van der Waals surface area contributed by atoms with Gasteiger partial charge in [0.15, 0.2) is 0 Å². The summed E-state index contributed by atoms with van der Waals surface area (Å²) in [5.41, 5.74) is 1.88. The van der Waals surface area contributed by atoms with Crippen molar-refractivity contribution >= 4 is 68.8 Å². The second kappa shape index (κ2) is 25.8. The molecule has 0 aromatic heterocycles. The third-order valence-electron chi connectivity index (χ3n) is 9.81. The molecule has 2 saturated heterocycles. The summed E-state index contributed by atoms with van der Waals surface area (Å²) in [6.45, 7) is 11.8. The van der Waals surface area contributed by atoms with Gasteiger partial charge in [-0.25, -0.2) is 9.59 Å². The zero-order valence-corrected chi connectivity index (χ0v) is 39.1. The quantitative estimate of drug-likeness (QED) is 0.0700. The largest absolute Gasteiger partial charge is 0.495 e. The smallest absolute Gasteiger partial charge is 0.407 e. The van der Waals surface area contributed by atoms with E-state index in [4.69, 9.17) is 35.7 Å². The number of benzene rings is 1. The van der Waals surface area contributed by atoms with E-state index in [1.54, 1.807) is 54.6 Å². The number of ether oxygens (including phenoxy) is 4. The first-order valence-corrected chi connectivity index (χ1v) is 23.4. The highest BCUT2D eigenvalue weighted by molar-refractivity contribution is 8.76. The number of allylic oxidation sites excluding steroid dienone is 3. The molecule has 0 radical (unpaired) electrons. The fourth-order valence-corrected chi connectivity index (χ4v) is 8.59. The number of alkyl carbamates (subject to hydrolysis) is 1. The second-order valence-corrected chi connectivity index (χ2v) is 19.3. The number of rotatable bonds is 19. The van der Waals surface area contributed by atoms with Crippen LogP contribution in [0, 0.1) is 5.92 Å². The number of epoxide rings is 1. The van der Waals surface area contributed by atoms with E-state index >= 15 is 0 Å². The molecule has 7 atom stereocenters. The number of likely N-dealkylation sites (N-methyl/N-ethyl adjacent to an activating group) is 1. The Morgan fingerprint density at radius 2 is 1.84 bits per heavy atom. The van der Waals surface area contributed by atoms with Crippen LogP contribution in [-0.4, -0.2) is 122 Å². The number of thioether (sulfide) groups is 1. The molecule has 3 N–H and O–H groups in total. The van der Waals surface area contributed by atoms with Crippen LogP contribution in [0.2, 0.25) is 5.02 Å². The van der Waals surface area contributed by atoms with Gasteiger partial charge in [0.1, 0.15) is 17.9 Å². The van der Waals surface area contributed by atoms with Crippen molar-refractivity contribution < 1.29 is 43.2 Å². The minimum atomic E-state index is -0.974. The van der Waals surface area contributed by atoms with Crippen molar-refractivity contribution in [1.29, 1.82) is 0 Å². The van der Waals surface area contributed by atoms with Crippen molar-refractivity contribution in [3.05, 3.63) is 52.6 Å². The van der Waals surface area contributed by atoms with Crippen molar-refractivity contribution in [1.82, 2.24) is 15.5 Å². The van der Waals surface area contributed by atoms with E-state index in [0.717, 1.165) is 24.0 Å². The maximum Gasteiger partial charge on any atom is 0.407 e. The normalized spacial score (nSPS) is 22.0. The Bertz CT molecular complexity index is 1510. The van der Waals surface area contributed by atoms with Gasteiger partial charge >= 0.3 is 12.1 Å². The number of carboxylic acids is 1. The van der Waals surface area contributed by atoms with Gasteiger partial charge in [-0.1, -0.05) is 70.0 Å². The Hall–Kier alpha value is -2.56. The summed E-state index contributed by atoms with van der Waals surface area (Å²) in [5.74, 6) is -0.454. The zero-order chi connectivity index (χ0) is 43.5. The lowest BCUT2D eigenvalue weighted by atomic mass is 9.86. The van der Waals surface area contributed by atoms with Gasteiger partial charge in [0.2, 0.25) is 11.8 Å². The highest BCUT2D eigenvalue weighted by atomic mass is 35.5. The number of methoxy groups -OCH3 is 2. The number of carbonyl (C=O) groups excluding carboxylic acids is 3. The van der Waals surface area contributed by atoms with Crippen molar-refractivity contribution in [3.8, 4) is 5.75 Å². The van der Waals surface area contributed by atoms with Crippen LogP contribution in [0.5, 0.6) is 5.75 Å². The molecule has 0 spiro atoms. The molecule has 0 bridgehead atoms. The minimum Gasteiger partial charge on any atom is -0.495 e. The van der Waals surface area contributed by atoms with Gasteiger partial charge in [-0.3, -0.25) is 9.59 Å². The molecule has 3 rings (SSSR count). The molecule has 16 heteroatoms. The van der Waals surface area contributed by atoms with Crippen LogP contribution >= 0.6 is 45.0 Å². The van der Waals surface area contributed by atoms with Crippen LogP contribution in [0.25, 0.3) is 0 Å². The molecule has 324 valence electrons. The van der Waals surface area contributed by atoms with Gasteiger partial charge in [-0.2, -0.15) is 11.8 Å². The highest BCUT2D eigenvalue weighted by Gasteiger charge is 2.57. The Balaban J connectivity index is 0.000000680. The van der Waals surface area contributed by atoms with Crippen LogP contribution in [0.1, 0.15) is 79.2 Å². The molecular formula is C41H66ClN3O9S3. The number of nitrogens with one attached hydrogen (secondary N) is 2. The maximum absolute atomic E-state index is 12.4. The van der Waals surface area contributed by atoms with Crippen LogP contribution in [-0.2, 0) is 35.0 Å². The number of hydrogen-bond donors (Lipinski definition) is 3. The van der Waals surface area contributed by atoms with Gasteiger partial charge in [0.05, 0.1) is 36.0 Å². The second-order valence-electron chi connectivity index (χ2n) is 15.0. The van der Waals surface area contributed by atoms with Crippen molar-refractivity contribution in [2.24, 2.45) is 5.92 Å². The molecule has 1 aromatic rings. The van der Waals surface area contributed by atoms with Gasteiger partial charge in [0, 0.05) is 51.1 Å². The number of hydrogen-bond acceptors (Lipinski definition) is 11. The van der Waals surface area contributed by atoms with Gasteiger partial charge in [0.25, 0.3) is 0 Å². The molecule has 57 heavy (non-hydrogen) atoms. The summed E-state index contributed by atoms with van der Waals surface area (Å²) in [6, 6.07) is 4.75. The molecule has 0 saturated carbocycles. The summed E-state index contributed by atoms with van der Waals surface area (Å²) in [4.78, 5) is 47.9. The number of nitrogens with zero attached hydrogens (tertiary/aromatic N) is 1. The third-order valence-corrected chi connectivity index (χ3v) is 12.8. The Labute approximate surface area is 358 Å². The highest BCUT2D eigenvalue weighted by Crippen LogP contribution is 2.47. The topological polar surface area (TPSA) is 156 Å². The first-order valence-electron chi connectivity index (χ1n) is 18.9. The third kappa shape index (κ3) is 18.5. The SMILES string of the molecule is CNC(=O)CCC1(C)OC1[C@H](C)C1CC([C@@H](/C=C/C=C(\C)Cc2ccc(Cl)c(OC)c2)OC)NC(=O)O1.CSC.CSSC(C)(C)CCC(=O)N(C)[C@H](C)C(=O)O. The zero-order valence-electron chi connectivity index (χ0n) is 35.9. The molecule has 3 amide bonds. The summed E-state index contributed by atoms with van der Waals surface area (Å²) >= 11 is 7.87. The van der Waals surface area contributed by atoms with Gasteiger partial charge in [-0.05, 0) is 90.3 Å². The van der Waals surface area contributed by atoms with E-state index in [2.05, 4.69) is 31.4 Å². The van der Waals surface area contributed by atoms with Gasteiger partial charge < -0.3 is 39.6 Å². The molecule has 2 aliphatic heterocycles. The summed E-state index contributed by atoms with van der Waals surface area (Å²) in [7, 11) is 9.81. The Morgan fingerprint density at radius 3 is 2.40 bits per heavy atom. The molecule has 2 aliphatic rings. The van der Waals surface area contributed by atoms with Crippen molar-refractivity contribution in [2.45, 2.75) is 121 Å². The summed E-state index contributed by atoms with van der Waals surface area (Å²) < 4.78 is 22.6. The Morgan fingerprint density at radius 1 is 1.19 bits per heavy atom. The number of carboxylic acid groups (broad SMARTS) is 1. The molecule has 2 fully saturated rings. The van der Waals surface area contributed by atoms with Crippen LogP contribution < -0.4 is 15.4 Å². The lowest BCUT2D eigenvalue weighted by Crippen LogP contribution is -2.53. The standard InChI is InChI=1S/C28H39ClN2O6.C11H21NO3S2.C2H6S/c1-17(14-19-10-11-20(29)24(15-19)35-6)8-7-9-22(34-5)21-16-23(36-27(33)31-21)18(2)26-28(3,37-26)13-12-25(32)30-4;1-8(10(14)15)12(4)9(13)6-7-11(2,3)17-16-5;1-3-2/h7-11,15,18,21-23,26H,12-14,16H2,1-6H3,(H,30,32)(H,31,33);8H,6-7H2,1-5H3,(H,14,15);1-2H3/b9-7+,17-8+;;/t18-,21?,22-,23?,26?,28?;8-;/m11./s1. The monoisotopic (exact) mass is 875 g/mol. The lowest BCUT2D eigenvalue weighted by Gasteiger charge is -2.35. The van der Waals surface area contributed by atoms with E-state index < -0.39 is 18.1 Å². The van der Waals surface area contributed by atoms with E-state index in [1.165, 1.54) is 18.9 Å². The summed E-state index contributed by atoms with van der Waals surface area (Å²) in [5, 5.41) is 14.9. The van der Waals surface area contributed by atoms with Crippen molar-refractivity contribution in [2.75, 3.05) is 47.1 Å². The predicted molar refractivity (Wildman–Crippen MR) is 237 cm³/mol. The fraction of sp³-hybridized carbons (Fsp3) is 0.659. The van der Waals surface area contributed by atoms with E-state index in [-0.39, 0.29) is 52.4 Å². The number of cyclic esters (lactones) is 1. The predicted octanol–water partition coefficient (Wildman–Crippen LogP) is 8.06. The van der Waals surface area contributed by atoms with Gasteiger partial charge in [-0.15, -0.1) is 0 Å². The van der Waals surface area contributed by atoms with Crippen LogP contribution in [0.4, 0.5) is 4.79 Å². The average Bonchev–Trinajstić information content (AvgIpc) is 3.85. The van der Waals surface area contributed by atoms with E-state index in [0.29, 0.717) is 36.5 Å². The minimum absolute atomic E-state index is 0.0108. The lowest BCUT2D eigenvalue weighted by molar-refractivity contribution is -0.148. The number of amides is 3. The number of carbonyl (C=O) groups is 4. The number of aliphatic carboxylic acids is 1. The average molecular weight is 877 g/mol. The van der Waals surface area contributed by atoms with E-state index in [1.807, 2.05) is 69.0 Å². The van der Waals surface area contributed by atoms with Crippen LogP contribution in [0.3, 0.4) is 0 Å². The Kier molecular flexibility index (Phi) is 23.8. The molecular weight excluding hydrogens is 810 g/mol. The first kappa shape index (κ1) is 52.5. The van der Waals surface area contributed by atoms with E-state index in [9.17, 15) is 19.2 Å². The molecule has 1 aromatic carbocycles. The first-order chi connectivity index (χ1) is 26.7. The molecule has 4 unspecified atom stereocenters. The molecule has 12 nitrogen and oxygen atoms in total.